The van der Waals surface area contributed by atoms with Crippen molar-refractivity contribution in [1.29, 1.82) is 0 Å². The highest BCUT2D eigenvalue weighted by molar-refractivity contribution is 14.1. The lowest BCUT2D eigenvalue weighted by Gasteiger charge is -2.60. The van der Waals surface area contributed by atoms with Crippen molar-refractivity contribution in [2.45, 2.75) is 205 Å². The average Bonchev–Trinajstić information content (AvgIpc) is 3.26. The summed E-state index contributed by atoms with van der Waals surface area (Å²) in [5.74, 6) is 4.71. The van der Waals surface area contributed by atoms with Crippen LogP contribution in [0.4, 0.5) is 0 Å². The Kier molecular flexibility index (Phi) is 14.2. The number of halogens is 1. The van der Waals surface area contributed by atoms with Crippen LogP contribution < -0.4 is 0 Å². The number of fused-ring (bicyclic) bond motifs is 5. The van der Waals surface area contributed by atoms with Gasteiger partial charge in [0, 0.05) is 3.42 Å². The first-order valence-corrected chi connectivity index (χ1v) is 20.7. The molecule has 244 valence electrons. The molecule has 0 nitrogen and oxygen atoms in total. The number of unbranched alkanes of at least 4 members (excludes halogenated alkanes) is 16. The van der Waals surface area contributed by atoms with Gasteiger partial charge in [0.05, 0.1) is 0 Å². The van der Waals surface area contributed by atoms with E-state index in [0.717, 1.165) is 29.6 Å². The number of hydrogen-bond acceptors (Lipinski definition) is 0. The van der Waals surface area contributed by atoms with Gasteiger partial charge in [-0.25, -0.2) is 0 Å². The van der Waals surface area contributed by atoms with E-state index in [2.05, 4.69) is 63.3 Å². The van der Waals surface area contributed by atoms with Crippen molar-refractivity contribution in [2.24, 2.45) is 40.4 Å². The maximum Gasteiger partial charge on any atom is 0.0304 e. The minimum absolute atomic E-state index is 0.529. The highest BCUT2D eigenvalue weighted by Gasteiger charge is 2.64. The van der Waals surface area contributed by atoms with E-state index in [1.165, 1.54) is 167 Å². The first-order valence-electron chi connectivity index (χ1n) is 19.6. The summed E-state index contributed by atoms with van der Waals surface area (Å²) in [7, 11) is 0. The molecule has 3 fully saturated rings. The third-order valence-electron chi connectivity index (χ3n) is 14.0. The van der Waals surface area contributed by atoms with Crippen LogP contribution in [0.3, 0.4) is 0 Å². The standard InChI is InChI=1S/C41H73I/c1-6-7-8-9-10-11-12-13-14-15-16-17-18-19-20-21-22-23-34(3)41(42)31-28-38-36-25-24-35-32-33(2)26-29-39(35,4)37(36)27-30-40(38,41)5/h24,33-34,36-38H,6-23,25-32H2,1-5H3/t33-,34+,36?,37-,38-,39-,40-,41-/m0/s1. The quantitative estimate of drug-likeness (QED) is 0.0547. The van der Waals surface area contributed by atoms with Crippen molar-refractivity contribution < 1.29 is 0 Å². The fraction of sp³-hybridized carbons (Fsp3) is 0.951. The van der Waals surface area contributed by atoms with Crippen LogP contribution in [0.2, 0.25) is 0 Å². The van der Waals surface area contributed by atoms with Crippen molar-refractivity contribution in [3.05, 3.63) is 11.6 Å². The van der Waals surface area contributed by atoms with Crippen LogP contribution in [-0.2, 0) is 0 Å². The smallest absolute Gasteiger partial charge is 0.0304 e. The van der Waals surface area contributed by atoms with Crippen LogP contribution in [0.15, 0.2) is 11.6 Å². The third kappa shape index (κ3) is 8.24. The Bertz CT molecular complexity index is 814. The Hall–Kier alpha value is 0.470. The van der Waals surface area contributed by atoms with Crippen LogP contribution in [0, 0.1) is 40.4 Å². The Morgan fingerprint density at radius 2 is 1.24 bits per heavy atom. The molecule has 0 aromatic rings. The lowest BCUT2D eigenvalue weighted by atomic mass is 9.46. The van der Waals surface area contributed by atoms with Crippen LogP contribution in [-0.4, -0.2) is 3.42 Å². The van der Waals surface area contributed by atoms with Gasteiger partial charge in [-0.1, -0.05) is 178 Å². The normalized spacial score (nSPS) is 36.7. The molecular weight excluding hydrogens is 619 g/mol. The van der Waals surface area contributed by atoms with Gasteiger partial charge in [-0.3, -0.25) is 0 Å². The van der Waals surface area contributed by atoms with Gasteiger partial charge in [0.15, 0.2) is 0 Å². The summed E-state index contributed by atoms with van der Waals surface area (Å²) in [6.07, 6.45) is 41.0. The van der Waals surface area contributed by atoms with Crippen LogP contribution >= 0.6 is 22.6 Å². The van der Waals surface area contributed by atoms with Crippen molar-refractivity contribution in [1.82, 2.24) is 0 Å². The van der Waals surface area contributed by atoms with E-state index in [4.69, 9.17) is 0 Å². The average molecular weight is 693 g/mol. The number of allylic oxidation sites excluding steroid dienone is 2. The molecule has 1 heteroatoms. The van der Waals surface area contributed by atoms with E-state index in [0.29, 0.717) is 14.3 Å². The zero-order valence-corrected chi connectivity index (χ0v) is 31.4. The van der Waals surface area contributed by atoms with Gasteiger partial charge >= 0.3 is 0 Å². The Morgan fingerprint density at radius 1 is 0.714 bits per heavy atom. The molecule has 0 N–H and O–H groups in total. The molecule has 0 spiro atoms. The molecule has 4 aliphatic rings. The molecule has 0 aliphatic heterocycles. The Morgan fingerprint density at radius 3 is 1.81 bits per heavy atom. The summed E-state index contributed by atoms with van der Waals surface area (Å²) in [6, 6.07) is 0. The fourth-order valence-corrected chi connectivity index (χ4v) is 12.4. The van der Waals surface area contributed by atoms with E-state index in [1.807, 2.05) is 5.57 Å². The zero-order chi connectivity index (χ0) is 30.1. The molecule has 0 aromatic carbocycles. The maximum absolute atomic E-state index is 3.04. The summed E-state index contributed by atoms with van der Waals surface area (Å²) in [4.78, 5) is 0. The van der Waals surface area contributed by atoms with Crippen molar-refractivity contribution in [2.75, 3.05) is 0 Å². The van der Waals surface area contributed by atoms with Crippen LogP contribution in [0.5, 0.6) is 0 Å². The van der Waals surface area contributed by atoms with Gasteiger partial charge in [0.1, 0.15) is 0 Å². The number of rotatable bonds is 19. The first-order chi connectivity index (χ1) is 20.3. The molecule has 4 aliphatic carbocycles. The molecule has 42 heavy (non-hydrogen) atoms. The molecule has 4 rings (SSSR count). The minimum Gasteiger partial charge on any atom is -0.0845 e. The molecule has 0 radical (unpaired) electrons. The number of alkyl halides is 1. The van der Waals surface area contributed by atoms with Gasteiger partial charge in [-0.2, -0.15) is 0 Å². The molecule has 0 saturated heterocycles. The summed E-state index contributed by atoms with van der Waals surface area (Å²) < 4.78 is 0.529. The summed E-state index contributed by atoms with van der Waals surface area (Å²) in [6.45, 7) is 12.9. The molecular formula is C41H73I. The predicted molar refractivity (Wildman–Crippen MR) is 196 cm³/mol. The molecule has 1 unspecified atom stereocenters. The zero-order valence-electron chi connectivity index (χ0n) is 29.2. The fourth-order valence-electron chi connectivity index (χ4n) is 11.1. The van der Waals surface area contributed by atoms with Gasteiger partial charge in [-0.15, -0.1) is 0 Å². The SMILES string of the molecule is CCCCCCCCCCCCCCCCCCC[C@@H](C)[C@@]1(I)CC[C@H]2C3CC=C4C[C@@H](C)CC[C@]4(C)[C@H]3CC[C@@]21C. The molecule has 8 atom stereocenters. The van der Waals surface area contributed by atoms with Crippen LogP contribution in [0.25, 0.3) is 0 Å². The van der Waals surface area contributed by atoms with Gasteiger partial charge in [0.25, 0.3) is 0 Å². The largest absolute Gasteiger partial charge is 0.0845 e. The van der Waals surface area contributed by atoms with Gasteiger partial charge in [-0.05, 0) is 98.2 Å². The lowest BCUT2D eigenvalue weighted by molar-refractivity contribution is -0.0413. The van der Waals surface area contributed by atoms with Gasteiger partial charge in [0.2, 0.25) is 0 Å². The molecule has 0 bridgehead atoms. The topological polar surface area (TPSA) is 0 Å². The number of hydrogen-bond donors (Lipinski definition) is 0. The molecule has 3 saturated carbocycles. The highest BCUT2D eigenvalue weighted by Crippen LogP contribution is 2.71. The first kappa shape index (κ1) is 35.3. The monoisotopic (exact) mass is 692 g/mol. The second-order valence-electron chi connectivity index (χ2n) is 16.8. The van der Waals surface area contributed by atoms with E-state index in [1.54, 1.807) is 0 Å². The molecule has 0 heterocycles. The Balaban J connectivity index is 1.08. The third-order valence-corrected chi connectivity index (χ3v) is 16.9. The lowest BCUT2D eigenvalue weighted by Crippen LogP contribution is -2.54. The van der Waals surface area contributed by atoms with E-state index in [-0.39, 0.29) is 0 Å². The summed E-state index contributed by atoms with van der Waals surface area (Å²) in [5.41, 5.74) is 2.97. The summed E-state index contributed by atoms with van der Waals surface area (Å²) in [5, 5.41) is 0. The summed E-state index contributed by atoms with van der Waals surface area (Å²) >= 11 is 3.04. The molecule has 0 aromatic heterocycles. The highest BCUT2D eigenvalue weighted by atomic mass is 127. The van der Waals surface area contributed by atoms with Crippen molar-refractivity contribution >= 4 is 22.6 Å². The molecule has 0 amide bonds. The van der Waals surface area contributed by atoms with E-state index < -0.39 is 0 Å². The van der Waals surface area contributed by atoms with E-state index in [9.17, 15) is 0 Å². The Labute approximate surface area is 278 Å². The second kappa shape index (κ2) is 16.9. The van der Waals surface area contributed by atoms with Gasteiger partial charge < -0.3 is 0 Å². The van der Waals surface area contributed by atoms with E-state index >= 15 is 0 Å². The minimum atomic E-state index is 0.529. The van der Waals surface area contributed by atoms with Crippen molar-refractivity contribution in [3.63, 3.8) is 0 Å². The van der Waals surface area contributed by atoms with Crippen LogP contribution in [0.1, 0.15) is 202 Å². The second-order valence-corrected chi connectivity index (χ2v) is 18.7. The maximum atomic E-state index is 3.04. The van der Waals surface area contributed by atoms with Crippen molar-refractivity contribution in [3.8, 4) is 0 Å². The predicted octanol–water partition coefficient (Wildman–Crippen LogP) is 14.4.